The topological polar surface area (TPSA) is 71.1 Å². The molecule has 1 heterocycles. The van der Waals surface area contributed by atoms with E-state index in [0.29, 0.717) is 30.0 Å². The van der Waals surface area contributed by atoms with Crippen LogP contribution in [0.25, 0.3) is 0 Å². The molecule has 3 aromatic rings. The number of hydrogen-bond donors (Lipinski definition) is 2. The highest BCUT2D eigenvalue weighted by molar-refractivity contribution is 7.92. The molecule has 0 fully saturated rings. The lowest BCUT2D eigenvalue weighted by molar-refractivity contribution is 0.601. The zero-order valence-corrected chi connectivity index (χ0v) is 15.6. The molecule has 0 bridgehead atoms. The summed E-state index contributed by atoms with van der Waals surface area (Å²) in [7, 11) is -3.65. The Bertz CT molecular complexity index is 1000. The molecular weight excluding hydrogens is 365 g/mol. The third-order valence-electron chi connectivity index (χ3n) is 4.01. The molecule has 0 saturated heterocycles. The van der Waals surface area contributed by atoms with E-state index in [-0.39, 0.29) is 10.7 Å². The van der Waals surface area contributed by atoms with Crippen molar-refractivity contribution in [3.8, 4) is 0 Å². The first-order valence-corrected chi connectivity index (χ1v) is 9.95. The second-order valence-electron chi connectivity index (χ2n) is 6.12. The lowest BCUT2D eigenvalue weighted by atomic mass is 10.1. The third kappa shape index (κ3) is 5.04. The van der Waals surface area contributed by atoms with Crippen molar-refractivity contribution in [2.24, 2.45) is 0 Å². The van der Waals surface area contributed by atoms with E-state index in [1.54, 1.807) is 54.6 Å². The van der Waals surface area contributed by atoms with E-state index in [1.807, 2.05) is 6.92 Å². The lowest BCUT2D eigenvalue weighted by Crippen LogP contribution is -2.13. The molecule has 0 radical (unpaired) electrons. The number of nitrogens with zero attached hydrogens (tertiary/aromatic N) is 1. The molecule has 1 aromatic heterocycles. The molecule has 7 heteroatoms. The summed E-state index contributed by atoms with van der Waals surface area (Å²) in [5.74, 6) is 0.359. The van der Waals surface area contributed by atoms with Crippen molar-refractivity contribution in [2.75, 3.05) is 16.6 Å². The Labute approximate surface area is 158 Å². The minimum Gasteiger partial charge on any atom is -0.370 e. The van der Waals surface area contributed by atoms with Gasteiger partial charge in [-0.15, -0.1) is 0 Å². The van der Waals surface area contributed by atoms with Crippen LogP contribution in [-0.4, -0.2) is 19.9 Å². The summed E-state index contributed by atoms with van der Waals surface area (Å²) in [5.41, 5.74) is 1.99. The van der Waals surface area contributed by atoms with E-state index in [9.17, 15) is 12.8 Å². The highest BCUT2D eigenvalue weighted by atomic mass is 32.2. The van der Waals surface area contributed by atoms with Gasteiger partial charge in [0.1, 0.15) is 11.6 Å². The van der Waals surface area contributed by atoms with Crippen LogP contribution >= 0.6 is 0 Å². The van der Waals surface area contributed by atoms with Gasteiger partial charge in [-0.05, 0) is 49.2 Å². The predicted molar refractivity (Wildman–Crippen MR) is 105 cm³/mol. The van der Waals surface area contributed by atoms with E-state index in [2.05, 4.69) is 15.0 Å². The van der Waals surface area contributed by atoms with E-state index in [1.165, 1.54) is 12.3 Å². The largest absolute Gasteiger partial charge is 0.370 e. The number of benzene rings is 2. The van der Waals surface area contributed by atoms with Gasteiger partial charge in [-0.1, -0.05) is 35.9 Å². The van der Waals surface area contributed by atoms with Crippen LogP contribution in [0.5, 0.6) is 0 Å². The quantitative estimate of drug-likeness (QED) is 0.645. The smallest absolute Gasteiger partial charge is 0.261 e. The van der Waals surface area contributed by atoms with Crippen LogP contribution in [0.2, 0.25) is 0 Å². The van der Waals surface area contributed by atoms with Crippen molar-refractivity contribution in [1.29, 1.82) is 0 Å². The minimum atomic E-state index is -3.65. The summed E-state index contributed by atoms with van der Waals surface area (Å²) in [6.45, 7) is 2.41. The van der Waals surface area contributed by atoms with Crippen molar-refractivity contribution in [3.05, 3.63) is 83.8 Å². The van der Waals surface area contributed by atoms with Gasteiger partial charge in [-0.25, -0.2) is 17.8 Å². The SMILES string of the molecule is Cc1ccc(S(=O)(=O)Nc2ccc(NCCc3ccccc3F)nc2)cc1. The fourth-order valence-electron chi connectivity index (χ4n) is 2.52. The molecule has 0 atom stereocenters. The summed E-state index contributed by atoms with van der Waals surface area (Å²) in [6, 6.07) is 16.5. The van der Waals surface area contributed by atoms with Crippen molar-refractivity contribution < 1.29 is 12.8 Å². The monoisotopic (exact) mass is 385 g/mol. The molecule has 0 unspecified atom stereocenters. The Morgan fingerprint density at radius 3 is 2.41 bits per heavy atom. The van der Waals surface area contributed by atoms with Gasteiger partial charge in [0.15, 0.2) is 0 Å². The number of aromatic nitrogens is 1. The average molecular weight is 385 g/mol. The normalized spacial score (nSPS) is 11.2. The maximum Gasteiger partial charge on any atom is 0.261 e. The molecule has 0 aliphatic rings. The molecule has 0 amide bonds. The van der Waals surface area contributed by atoms with Crippen molar-refractivity contribution in [3.63, 3.8) is 0 Å². The fourth-order valence-corrected chi connectivity index (χ4v) is 3.56. The van der Waals surface area contributed by atoms with Gasteiger partial charge in [-0.2, -0.15) is 0 Å². The van der Waals surface area contributed by atoms with Crippen LogP contribution in [0.4, 0.5) is 15.9 Å². The van der Waals surface area contributed by atoms with Gasteiger partial charge in [0.05, 0.1) is 16.8 Å². The second kappa shape index (κ2) is 8.18. The zero-order chi connectivity index (χ0) is 19.3. The number of anilines is 2. The molecule has 2 N–H and O–H groups in total. The molecular formula is C20H20FN3O2S. The maximum atomic E-state index is 13.6. The van der Waals surface area contributed by atoms with Crippen LogP contribution in [0.3, 0.4) is 0 Å². The Morgan fingerprint density at radius 1 is 1.00 bits per heavy atom. The molecule has 0 spiro atoms. The van der Waals surface area contributed by atoms with Crippen LogP contribution in [0.1, 0.15) is 11.1 Å². The van der Waals surface area contributed by atoms with Crippen molar-refractivity contribution in [2.45, 2.75) is 18.2 Å². The van der Waals surface area contributed by atoms with Crippen LogP contribution in [0.15, 0.2) is 71.8 Å². The van der Waals surface area contributed by atoms with Crippen molar-refractivity contribution >= 4 is 21.5 Å². The van der Waals surface area contributed by atoms with Gasteiger partial charge in [0, 0.05) is 6.54 Å². The molecule has 27 heavy (non-hydrogen) atoms. The first kappa shape index (κ1) is 18.8. The van der Waals surface area contributed by atoms with Gasteiger partial charge < -0.3 is 5.32 Å². The Hall–Kier alpha value is -2.93. The van der Waals surface area contributed by atoms with Crippen LogP contribution in [0, 0.1) is 12.7 Å². The molecule has 0 aliphatic carbocycles. The average Bonchev–Trinajstić information content (AvgIpc) is 2.65. The van der Waals surface area contributed by atoms with Crippen LogP contribution < -0.4 is 10.0 Å². The summed E-state index contributed by atoms with van der Waals surface area (Å²) in [6.07, 6.45) is 1.97. The third-order valence-corrected chi connectivity index (χ3v) is 5.40. The number of sulfonamides is 1. The number of aryl methyl sites for hydroxylation is 1. The number of hydrogen-bond acceptors (Lipinski definition) is 4. The van der Waals surface area contributed by atoms with Gasteiger partial charge in [-0.3, -0.25) is 4.72 Å². The first-order chi connectivity index (χ1) is 12.9. The van der Waals surface area contributed by atoms with E-state index < -0.39 is 10.0 Å². The fraction of sp³-hybridized carbons (Fsp3) is 0.150. The van der Waals surface area contributed by atoms with Crippen molar-refractivity contribution in [1.82, 2.24) is 4.98 Å². The van der Waals surface area contributed by atoms with Gasteiger partial charge >= 0.3 is 0 Å². The van der Waals surface area contributed by atoms with E-state index in [0.717, 1.165) is 5.56 Å². The maximum absolute atomic E-state index is 13.6. The second-order valence-corrected chi connectivity index (χ2v) is 7.80. The number of rotatable bonds is 7. The Balaban J connectivity index is 1.58. The summed E-state index contributed by atoms with van der Waals surface area (Å²) in [5, 5.41) is 3.09. The summed E-state index contributed by atoms with van der Waals surface area (Å²) >= 11 is 0. The highest BCUT2D eigenvalue weighted by Crippen LogP contribution is 2.17. The number of pyridine rings is 1. The molecule has 0 saturated carbocycles. The first-order valence-electron chi connectivity index (χ1n) is 8.47. The molecule has 0 aliphatic heterocycles. The summed E-state index contributed by atoms with van der Waals surface area (Å²) < 4.78 is 40.8. The number of nitrogens with one attached hydrogen (secondary N) is 2. The van der Waals surface area contributed by atoms with Crippen LogP contribution in [-0.2, 0) is 16.4 Å². The lowest BCUT2D eigenvalue weighted by Gasteiger charge is -2.10. The molecule has 5 nitrogen and oxygen atoms in total. The molecule has 3 rings (SSSR count). The Kier molecular flexibility index (Phi) is 5.71. The standard InChI is InChI=1S/C20H20FN3O2S/c1-15-6-9-18(10-7-15)27(25,26)24-17-8-11-20(23-14-17)22-13-12-16-4-2-3-5-19(16)21/h2-11,14,24H,12-13H2,1H3,(H,22,23). The van der Waals surface area contributed by atoms with E-state index in [4.69, 9.17) is 0 Å². The predicted octanol–water partition coefficient (Wildman–Crippen LogP) is 3.98. The molecule has 2 aromatic carbocycles. The van der Waals surface area contributed by atoms with E-state index >= 15 is 0 Å². The zero-order valence-electron chi connectivity index (χ0n) is 14.8. The van der Waals surface area contributed by atoms with Gasteiger partial charge in [0.25, 0.3) is 10.0 Å². The minimum absolute atomic E-state index is 0.195. The highest BCUT2D eigenvalue weighted by Gasteiger charge is 2.13. The Morgan fingerprint density at radius 2 is 1.74 bits per heavy atom. The number of halogens is 1. The van der Waals surface area contributed by atoms with Gasteiger partial charge in [0.2, 0.25) is 0 Å². The summed E-state index contributed by atoms with van der Waals surface area (Å²) in [4.78, 5) is 4.39. The molecule has 140 valence electrons.